The molecule has 6 nitrogen and oxygen atoms in total. The molecule has 130 valence electrons. The minimum atomic E-state index is -0.522. The molecule has 1 rings (SSSR count). The highest BCUT2D eigenvalue weighted by Crippen LogP contribution is 2.02. The zero-order chi connectivity index (χ0) is 17.9. The maximum Gasteiger partial charge on any atom is 0.248 e. The normalized spacial score (nSPS) is 10.6. The van der Waals surface area contributed by atoms with Crippen LogP contribution in [-0.4, -0.2) is 50.5 Å². The number of quaternary nitrogens is 2. The van der Waals surface area contributed by atoms with Gasteiger partial charge in [0.2, 0.25) is 11.8 Å². The van der Waals surface area contributed by atoms with Crippen molar-refractivity contribution in [1.82, 2.24) is 0 Å². The second-order valence-corrected chi connectivity index (χ2v) is 6.59. The first-order valence-electron chi connectivity index (χ1n) is 7.96. The third-order valence-corrected chi connectivity index (χ3v) is 3.28. The van der Waals surface area contributed by atoms with Gasteiger partial charge in [0.1, 0.15) is 0 Å². The van der Waals surface area contributed by atoms with Gasteiger partial charge < -0.3 is 21.7 Å². The fourth-order valence-electron chi connectivity index (χ4n) is 1.92. The number of benzene rings is 1. The maximum atomic E-state index is 10.6. The van der Waals surface area contributed by atoms with Crippen LogP contribution in [0.2, 0.25) is 0 Å². The summed E-state index contributed by atoms with van der Waals surface area (Å²) < 4.78 is 1.10. The van der Waals surface area contributed by atoms with Crippen LogP contribution in [0.5, 0.6) is 0 Å². The number of nitrogens with zero attached hydrogens (tertiary/aromatic N) is 1. The van der Waals surface area contributed by atoms with Gasteiger partial charge >= 0.3 is 0 Å². The van der Waals surface area contributed by atoms with Crippen LogP contribution < -0.4 is 17.2 Å². The second kappa shape index (κ2) is 10.7. The standard InChI is InChI=1S/C9H23N2.C8H8N2O2/c1-11(2,3)9-7-5-4-6-8-10;9-7(11)5-1-2-6(4-3-5)8(10)12/h4-10H2,1-3H3;1-4H,(H2,9,11)(H2,10,12)/q+1;/p+1. The van der Waals surface area contributed by atoms with E-state index in [1.807, 2.05) is 0 Å². The molecule has 0 aliphatic carbocycles. The van der Waals surface area contributed by atoms with Crippen LogP contribution in [-0.2, 0) is 0 Å². The van der Waals surface area contributed by atoms with E-state index in [9.17, 15) is 9.59 Å². The number of hydrogen-bond acceptors (Lipinski definition) is 2. The molecule has 0 unspecified atom stereocenters. The summed E-state index contributed by atoms with van der Waals surface area (Å²) in [5.41, 5.74) is 14.5. The van der Waals surface area contributed by atoms with E-state index in [4.69, 9.17) is 11.5 Å². The Labute approximate surface area is 139 Å². The Morgan fingerprint density at radius 2 is 1.26 bits per heavy atom. The number of carbonyl (C=O) groups is 2. The fourth-order valence-corrected chi connectivity index (χ4v) is 1.92. The lowest BCUT2D eigenvalue weighted by atomic mass is 10.1. The van der Waals surface area contributed by atoms with Gasteiger partial charge in [-0.1, -0.05) is 0 Å². The molecule has 0 aliphatic rings. The predicted molar refractivity (Wildman–Crippen MR) is 92.6 cm³/mol. The summed E-state index contributed by atoms with van der Waals surface area (Å²) in [7, 11) is 6.75. The third kappa shape index (κ3) is 11.3. The van der Waals surface area contributed by atoms with E-state index in [2.05, 4.69) is 26.9 Å². The van der Waals surface area contributed by atoms with Gasteiger partial charge in [-0.25, -0.2) is 0 Å². The van der Waals surface area contributed by atoms with Crippen molar-refractivity contribution in [2.24, 2.45) is 11.5 Å². The molecule has 0 aromatic heterocycles. The lowest BCUT2D eigenvalue weighted by Gasteiger charge is -2.23. The van der Waals surface area contributed by atoms with Crippen LogP contribution in [0, 0.1) is 0 Å². The first-order valence-corrected chi connectivity index (χ1v) is 7.96. The van der Waals surface area contributed by atoms with Crippen molar-refractivity contribution >= 4 is 11.8 Å². The van der Waals surface area contributed by atoms with Crippen molar-refractivity contribution in [2.75, 3.05) is 34.2 Å². The number of rotatable bonds is 8. The van der Waals surface area contributed by atoms with E-state index < -0.39 is 11.8 Å². The maximum absolute atomic E-state index is 10.6. The van der Waals surface area contributed by atoms with Crippen molar-refractivity contribution in [3.05, 3.63) is 35.4 Å². The third-order valence-electron chi connectivity index (χ3n) is 3.28. The summed E-state index contributed by atoms with van der Waals surface area (Å²) in [6, 6.07) is 5.84. The van der Waals surface area contributed by atoms with E-state index in [1.165, 1.54) is 56.5 Å². The lowest BCUT2D eigenvalue weighted by Crippen LogP contribution is -2.50. The van der Waals surface area contributed by atoms with Crippen LogP contribution in [0.4, 0.5) is 0 Å². The first kappa shape index (κ1) is 21.1. The van der Waals surface area contributed by atoms with Crippen LogP contribution >= 0.6 is 0 Å². The summed E-state index contributed by atoms with van der Waals surface area (Å²) in [5.74, 6) is -1.04. The number of primary amides is 2. The van der Waals surface area contributed by atoms with Gasteiger partial charge in [-0.3, -0.25) is 9.59 Å². The number of hydrogen-bond donors (Lipinski definition) is 3. The molecule has 7 N–H and O–H groups in total. The number of amides is 2. The zero-order valence-corrected chi connectivity index (χ0v) is 14.7. The summed E-state index contributed by atoms with van der Waals surface area (Å²) in [6.45, 7) is 2.40. The number of unbranched alkanes of at least 4 members (excludes halogenated alkanes) is 3. The molecule has 6 heteroatoms. The Balaban J connectivity index is 0.000000423. The van der Waals surface area contributed by atoms with Crippen LogP contribution in [0.25, 0.3) is 0 Å². The molecule has 2 amide bonds. The summed E-state index contributed by atoms with van der Waals surface area (Å²) in [5, 5.41) is 0. The molecule has 23 heavy (non-hydrogen) atoms. The highest BCUT2D eigenvalue weighted by atomic mass is 16.1. The van der Waals surface area contributed by atoms with Crippen molar-refractivity contribution < 1.29 is 19.8 Å². The number of carbonyl (C=O) groups excluding carboxylic acids is 2. The first-order chi connectivity index (χ1) is 10.7. The molecule has 0 spiro atoms. The van der Waals surface area contributed by atoms with Gasteiger partial charge in [-0.2, -0.15) is 0 Å². The molecular weight excluding hydrogens is 292 g/mol. The van der Waals surface area contributed by atoms with Crippen LogP contribution in [0.15, 0.2) is 24.3 Å². The van der Waals surface area contributed by atoms with E-state index in [0.29, 0.717) is 11.1 Å². The van der Waals surface area contributed by atoms with E-state index in [-0.39, 0.29) is 0 Å². The smallest absolute Gasteiger partial charge is 0.248 e. The van der Waals surface area contributed by atoms with Gasteiger partial charge in [0.05, 0.1) is 34.2 Å². The average Bonchev–Trinajstić information content (AvgIpc) is 2.46. The van der Waals surface area contributed by atoms with Gasteiger partial charge in [0.25, 0.3) is 0 Å². The zero-order valence-electron chi connectivity index (χ0n) is 14.7. The van der Waals surface area contributed by atoms with Crippen molar-refractivity contribution in [2.45, 2.75) is 25.7 Å². The highest BCUT2D eigenvalue weighted by molar-refractivity contribution is 5.96. The summed E-state index contributed by atoms with van der Waals surface area (Å²) >= 11 is 0. The minimum absolute atomic E-state index is 0.361. The fraction of sp³-hybridized carbons (Fsp3) is 0.529. The summed E-state index contributed by atoms with van der Waals surface area (Å²) in [4.78, 5) is 21.2. The van der Waals surface area contributed by atoms with Gasteiger partial charge in [0.15, 0.2) is 0 Å². The van der Waals surface area contributed by atoms with Gasteiger partial charge in [-0.15, -0.1) is 0 Å². The Morgan fingerprint density at radius 1 is 0.870 bits per heavy atom. The molecule has 1 aromatic carbocycles. The largest absolute Gasteiger partial charge is 0.366 e. The van der Waals surface area contributed by atoms with Crippen molar-refractivity contribution in [3.63, 3.8) is 0 Å². The molecule has 0 aliphatic heterocycles. The Morgan fingerprint density at radius 3 is 1.57 bits per heavy atom. The molecule has 1 aromatic rings. The van der Waals surface area contributed by atoms with Gasteiger partial charge in [0, 0.05) is 11.1 Å². The lowest BCUT2D eigenvalue weighted by molar-refractivity contribution is -0.870. The average molecular weight is 324 g/mol. The molecule has 0 heterocycles. The van der Waals surface area contributed by atoms with Crippen LogP contribution in [0.1, 0.15) is 46.4 Å². The molecule has 0 fully saturated rings. The topological polar surface area (TPSA) is 114 Å². The van der Waals surface area contributed by atoms with E-state index in [1.54, 1.807) is 0 Å². The molecule has 0 atom stereocenters. The molecule has 0 bridgehead atoms. The Hall–Kier alpha value is -1.92. The van der Waals surface area contributed by atoms with Crippen LogP contribution in [0.3, 0.4) is 0 Å². The molecule has 0 radical (unpaired) electrons. The molecular formula is C17H32N4O2+2. The SMILES string of the molecule is C[N+](C)(C)CCCCCC[NH3+].NC(=O)c1ccc(C(N)=O)cc1. The van der Waals surface area contributed by atoms with Crippen molar-refractivity contribution in [3.8, 4) is 0 Å². The number of nitrogens with two attached hydrogens (primary N) is 2. The highest BCUT2D eigenvalue weighted by Gasteiger charge is 2.04. The van der Waals surface area contributed by atoms with Crippen molar-refractivity contribution in [1.29, 1.82) is 0 Å². The molecule has 0 saturated carbocycles. The van der Waals surface area contributed by atoms with E-state index >= 15 is 0 Å². The Bertz CT molecular complexity index is 445. The minimum Gasteiger partial charge on any atom is -0.366 e. The quantitative estimate of drug-likeness (QED) is 0.474. The Kier molecular flexibility index (Phi) is 9.85. The second-order valence-electron chi connectivity index (χ2n) is 6.59. The van der Waals surface area contributed by atoms with Gasteiger partial charge in [-0.05, 0) is 49.9 Å². The monoisotopic (exact) mass is 324 g/mol. The predicted octanol–water partition coefficient (Wildman–Crippen LogP) is 0.379. The van der Waals surface area contributed by atoms with E-state index in [0.717, 1.165) is 11.0 Å². The summed E-state index contributed by atoms with van der Waals surface area (Å²) in [6.07, 6.45) is 5.41. The molecule has 0 saturated heterocycles.